The molecule has 3 unspecified atom stereocenters. The van der Waals surface area contributed by atoms with E-state index in [0.717, 1.165) is 5.57 Å². The molecule has 1 aliphatic heterocycles. The van der Waals surface area contributed by atoms with E-state index in [4.69, 9.17) is 5.73 Å². The van der Waals surface area contributed by atoms with Crippen molar-refractivity contribution in [2.45, 2.75) is 19.1 Å². The van der Waals surface area contributed by atoms with Crippen molar-refractivity contribution in [1.29, 1.82) is 0 Å². The molecule has 0 spiro atoms. The molecule has 0 aromatic heterocycles. The predicted molar refractivity (Wildman–Crippen MR) is 61.1 cm³/mol. The molecule has 0 saturated heterocycles. The van der Waals surface area contributed by atoms with Crippen LogP contribution in [0.1, 0.15) is 6.92 Å². The van der Waals surface area contributed by atoms with Crippen molar-refractivity contribution in [2.75, 3.05) is 13.6 Å². The summed E-state index contributed by atoms with van der Waals surface area (Å²) in [4.78, 5) is 2.23. The maximum atomic E-state index is 9.83. The Labute approximate surface area is 90.6 Å². The predicted octanol–water partition coefficient (Wildman–Crippen LogP) is 0.636. The van der Waals surface area contributed by atoms with Crippen LogP contribution in [0.4, 0.5) is 0 Å². The molecule has 0 aromatic carbocycles. The van der Waals surface area contributed by atoms with Gasteiger partial charge in [-0.1, -0.05) is 24.3 Å². The number of nitrogens with zero attached hydrogens (tertiary/aromatic N) is 1. The van der Waals surface area contributed by atoms with Gasteiger partial charge in [0.05, 0.1) is 12.1 Å². The second-order valence-electron chi connectivity index (χ2n) is 4.24. The maximum Gasteiger partial charge on any atom is 0.0882 e. The van der Waals surface area contributed by atoms with E-state index in [1.807, 2.05) is 12.2 Å². The normalized spacial score (nSPS) is 31.1. The molecule has 2 aliphatic rings. The molecule has 0 amide bonds. The van der Waals surface area contributed by atoms with Gasteiger partial charge in [0, 0.05) is 25.2 Å². The Morgan fingerprint density at radius 1 is 1.60 bits per heavy atom. The fourth-order valence-electron chi connectivity index (χ4n) is 2.36. The molecule has 3 N–H and O–H groups in total. The van der Waals surface area contributed by atoms with Gasteiger partial charge in [0.2, 0.25) is 0 Å². The molecular formula is C12H18N2O. The number of fused-ring (bicyclic) bond motifs is 1. The first-order valence-electron chi connectivity index (χ1n) is 5.33. The second-order valence-corrected chi connectivity index (χ2v) is 4.24. The van der Waals surface area contributed by atoms with E-state index in [2.05, 4.69) is 31.0 Å². The summed E-state index contributed by atoms with van der Waals surface area (Å²) in [5.41, 5.74) is 7.80. The van der Waals surface area contributed by atoms with E-state index >= 15 is 0 Å². The minimum Gasteiger partial charge on any atom is -0.387 e. The van der Waals surface area contributed by atoms with Gasteiger partial charge in [-0.2, -0.15) is 0 Å². The van der Waals surface area contributed by atoms with Crippen LogP contribution in [0.5, 0.6) is 0 Å². The van der Waals surface area contributed by atoms with Crippen molar-refractivity contribution in [2.24, 2.45) is 11.7 Å². The van der Waals surface area contributed by atoms with Crippen LogP contribution in [0.2, 0.25) is 0 Å². The fraction of sp³-hybridized carbons (Fsp3) is 0.500. The summed E-state index contributed by atoms with van der Waals surface area (Å²) in [7, 11) is 2.08. The number of likely N-dealkylation sites (N-methyl/N-ethyl adjacent to an activating group) is 1. The summed E-state index contributed by atoms with van der Waals surface area (Å²) in [6, 6.07) is 0.353. The first-order valence-corrected chi connectivity index (χ1v) is 5.33. The summed E-state index contributed by atoms with van der Waals surface area (Å²) in [5.74, 6) is 0.290. The third kappa shape index (κ3) is 1.62. The lowest BCUT2D eigenvalue weighted by atomic mass is 9.85. The zero-order chi connectivity index (χ0) is 11.0. The molecule has 0 fully saturated rings. The SMILES string of the molecule is CC1=CC2C(C(O)CN)=CC=CC2N1C. The van der Waals surface area contributed by atoms with Gasteiger partial charge in [-0.05, 0) is 12.5 Å². The largest absolute Gasteiger partial charge is 0.387 e. The average Bonchev–Trinajstić information content (AvgIpc) is 2.54. The van der Waals surface area contributed by atoms with Crippen LogP contribution in [0.3, 0.4) is 0 Å². The highest BCUT2D eigenvalue weighted by Gasteiger charge is 2.34. The number of aliphatic hydroxyl groups excluding tert-OH is 1. The zero-order valence-electron chi connectivity index (χ0n) is 9.22. The highest BCUT2D eigenvalue weighted by molar-refractivity contribution is 5.36. The first-order chi connectivity index (χ1) is 7.15. The zero-order valence-corrected chi connectivity index (χ0v) is 9.22. The van der Waals surface area contributed by atoms with Crippen LogP contribution in [0, 0.1) is 5.92 Å². The molecule has 1 heterocycles. The van der Waals surface area contributed by atoms with Crippen molar-refractivity contribution < 1.29 is 5.11 Å². The van der Waals surface area contributed by atoms with Crippen LogP contribution in [-0.2, 0) is 0 Å². The topological polar surface area (TPSA) is 49.5 Å². The van der Waals surface area contributed by atoms with Crippen LogP contribution >= 0.6 is 0 Å². The van der Waals surface area contributed by atoms with Crippen molar-refractivity contribution in [3.63, 3.8) is 0 Å². The Balaban J connectivity index is 2.28. The highest BCUT2D eigenvalue weighted by Crippen LogP contribution is 2.35. The summed E-state index contributed by atoms with van der Waals surface area (Å²) in [6.07, 6.45) is 7.86. The number of hydrogen-bond acceptors (Lipinski definition) is 3. The Kier molecular flexibility index (Phi) is 2.67. The molecule has 0 aromatic rings. The van der Waals surface area contributed by atoms with Gasteiger partial charge >= 0.3 is 0 Å². The van der Waals surface area contributed by atoms with E-state index in [-0.39, 0.29) is 0 Å². The minimum atomic E-state index is -0.516. The van der Waals surface area contributed by atoms with Crippen LogP contribution in [-0.4, -0.2) is 35.7 Å². The van der Waals surface area contributed by atoms with Gasteiger partial charge in [-0.25, -0.2) is 0 Å². The minimum absolute atomic E-state index is 0.290. The number of rotatable bonds is 2. The first kappa shape index (κ1) is 10.5. The molecule has 0 radical (unpaired) electrons. The number of aliphatic hydroxyl groups is 1. The average molecular weight is 206 g/mol. The number of nitrogens with two attached hydrogens (primary N) is 1. The molecule has 2 rings (SSSR count). The van der Waals surface area contributed by atoms with Gasteiger partial charge < -0.3 is 15.7 Å². The quantitative estimate of drug-likeness (QED) is 0.697. The standard InChI is InChI=1S/C12H18N2O/c1-8-6-10-9(12(15)7-13)4-3-5-11(10)14(8)2/h3-6,10-12,15H,7,13H2,1-2H3. The van der Waals surface area contributed by atoms with E-state index in [0.29, 0.717) is 18.5 Å². The van der Waals surface area contributed by atoms with E-state index in [9.17, 15) is 5.11 Å². The third-order valence-corrected chi connectivity index (χ3v) is 3.38. The van der Waals surface area contributed by atoms with Crippen molar-refractivity contribution in [3.8, 4) is 0 Å². The molecule has 0 bridgehead atoms. The lowest BCUT2D eigenvalue weighted by Crippen LogP contribution is -2.35. The summed E-state index contributed by atoms with van der Waals surface area (Å²) < 4.78 is 0. The summed E-state index contributed by atoms with van der Waals surface area (Å²) in [6.45, 7) is 2.39. The Bertz CT molecular complexity index is 344. The van der Waals surface area contributed by atoms with Gasteiger partial charge in [0.1, 0.15) is 0 Å². The molecule has 0 saturated carbocycles. The van der Waals surface area contributed by atoms with Crippen LogP contribution in [0.25, 0.3) is 0 Å². The number of allylic oxidation sites excluding steroid dienone is 3. The van der Waals surface area contributed by atoms with Gasteiger partial charge in [-0.3, -0.25) is 0 Å². The summed E-state index contributed by atoms with van der Waals surface area (Å²) in [5, 5.41) is 9.83. The van der Waals surface area contributed by atoms with Crippen molar-refractivity contribution >= 4 is 0 Å². The summed E-state index contributed by atoms with van der Waals surface area (Å²) >= 11 is 0. The molecule has 82 valence electrons. The second kappa shape index (κ2) is 3.83. The molecule has 3 nitrogen and oxygen atoms in total. The lowest BCUT2D eigenvalue weighted by molar-refractivity contribution is 0.200. The molecular weight excluding hydrogens is 188 g/mol. The Morgan fingerprint density at radius 2 is 2.33 bits per heavy atom. The highest BCUT2D eigenvalue weighted by atomic mass is 16.3. The molecule has 3 atom stereocenters. The lowest BCUT2D eigenvalue weighted by Gasteiger charge is -2.30. The fourth-order valence-corrected chi connectivity index (χ4v) is 2.36. The van der Waals surface area contributed by atoms with Crippen LogP contribution < -0.4 is 5.73 Å². The van der Waals surface area contributed by atoms with Crippen molar-refractivity contribution in [1.82, 2.24) is 4.90 Å². The van der Waals surface area contributed by atoms with E-state index in [1.54, 1.807) is 0 Å². The van der Waals surface area contributed by atoms with E-state index < -0.39 is 6.10 Å². The smallest absolute Gasteiger partial charge is 0.0882 e. The van der Waals surface area contributed by atoms with Crippen LogP contribution in [0.15, 0.2) is 35.6 Å². The Morgan fingerprint density at radius 3 is 3.00 bits per heavy atom. The Hall–Kier alpha value is -1.06. The molecule has 3 heteroatoms. The third-order valence-electron chi connectivity index (χ3n) is 3.38. The monoisotopic (exact) mass is 206 g/mol. The van der Waals surface area contributed by atoms with Gasteiger partial charge in [-0.15, -0.1) is 0 Å². The van der Waals surface area contributed by atoms with E-state index in [1.165, 1.54) is 5.70 Å². The molecule has 15 heavy (non-hydrogen) atoms. The number of hydrogen-bond donors (Lipinski definition) is 2. The van der Waals surface area contributed by atoms with Crippen molar-refractivity contribution in [3.05, 3.63) is 35.6 Å². The van der Waals surface area contributed by atoms with Gasteiger partial charge in [0.25, 0.3) is 0 Å². The molecule has 1 aliphatic carbocycles. The van der Waals surface area contributed by atoms with Gasteiger partial charge in [0.15, 0.2) is 0 Å². The maximum absolute atomic E-state index is 9.83.